The number of amides is 1. The first kappa shape index (κ1) is 22.7. The van der Waals surface area contributed by atoms with Crippen LogP contribution in [0.1, 0.15) is 46.8 Å². The third-order valence-corrected chi connectivity index (χ3v) is 5.21. The molecule has 166 valence electrons. The van der Waals surface area contributed by atoms with E-state index >= 15 is 0 Å². The molecule has 2 aromatic carbocycles. The Morgan fingerprint density at radius 2 is 1.87 bits per heavy atom. The first-order valence-electron chi connectivity index (χ1n) is 11.0. The average Bonchev–Trinajstić information content (AvgIpc) is 3.59. The first-order chi connectivity index (χ1) is 15.0. The Labute approximate surface area is 185 Å². The van der Waals surface area contributed by atoms with Crippen LogP contribution in [0.2, 0.25) is 0 Å². The van der Waals surface area contributed by atoms with Crippen molar-refractivity contribution in [3.63, 3.8) is 0 Å². The van der Waals surface area contributed by atoms with Crippen LogP contribution in [0.3, 0.4) is 0 Å². The van der Waals surface area contributed by atoms with Crippen molar-refractivity contribution >= 4 is 11.9 Å². The molecular formula is C25H34N4O2. The van der Waals surface area contributed by atoms with Gasteiger partial charge in [0, 0.05) is 38.3 Å². The van der Waals surface area contributed by atoms with Crippen molar-refractivity contribution in [1.29, 1.82) is 0 Å². The Bertz CT molecular complexity index is 902. The van der Waals surface area contributed by atoms with Crippen molar-refractivity contribution in [2.24, 2.45) is 10.9 Å². The number of hydrogen-bond acceptors (Lipinski definition) is 3. The van der Waals surface area contributed by atoms with E-state index in [1.54, 1.807) is 19.0 Å². The first-order valence-corrected chi connectivity index (χ1v) is 11.0. The zero-order valence-electron chi connectivity index (χ0n) is 19.1. The summed E-state index contributed by atoms with van der Waals surface area (Å²) >= 11 is 0. The van der Waals surface area contributed by atoms with Crippen LogP contribution in [0.4, 0.5) is 0 Å². The lowest BCUT2D eigenvalue weighted by Gasteiger charge is -2.15. The van der Waals surface area contributed by atoms with Crippen LogP contribution in [0.15, 0.2) is 47.5 Å². The van der Waals surface area contributed by atoms with Gasteiger partial charge in [-0.25, -0.2) is 4.99 Å². The van der Waals surface area contributed by atoms with E-state index in [-0.39, 0.29) is 5.91 Å². The molecule has 0 aromatic heterocycles. The monoisotopic (exact) mass is 422 g/mol. The molecule has 0 bridgehead atoms. The summed E-state index contributed by atoms with van der Waals surface area (Å²) in [5, 5.41) is 6.71. The van der Waals surface area contributed by atoms with Crippen LogP contribution < -0.4 is 15.4 Å². The molecule has 1 aliphatic carbocycles. The molecule has 2 N–H and O–H groups in total. The Hall–Kier alpha value is -3.02. The van der Waals surface area contributed by atoms with Crippen molar-refractivity contribution in [3.8, 4) is 5.75 Å². The van der Waals surface area contributed by atoms with Gasteiger partial charge < -0.3 is 20.3 Å². The minimum absolute atomic E-state index is 0.00265. The van der Waals surface area contributed by atoms with Crippen LogP contribution in [-0.4, -0.2) is 44.0 Å². The zero-order chi connectivity index (χ0) is 22.2. The van der Waals surface area contributed by atoms with E-state index in [4.69, 9.17) is 9.73 Å². The van der Waals surface area contributed by atoms with Gasteiger partial charge in [-0.05, 0) is 61.9 Å². The zero-order valence-corrected chi connectivity index (χ0v) is 19.1. The van der Waals surface area contributed by atoms with E-state index in [1.807, 2.05) is 24.3 Å². The Morgan fingerprint density at radius 1 is 1.13 bits per heavy atom. The molecule has 1 amide bonds. The average molecular weight is 423 g/mol. The summed E-state index contributed by atoms with van der Waals surface area (Å²) in [6.07, 6.45) is 2.56. The van der Waals surface area contributed by atoms with Gasteiger partial charge in [0.2, 0.25) is 0 Å². The van der Waals surface area contributed by atoms with Crippen LogP contribution >= 0.6 is 0 Å². The summed E-state index contributed by atoms with van der Waals surface area (Å²) < 4.78 is 6.08. The summed E-state index contributed by atoms with van der Waals surface area (Å²) in [7, 11) is 3.51. The van der Waals surface area contributed by atoms with Crippen molar-refractivity contribution in [1.82, 2.24) is 15.5 Å². The molecule has 0 spiro atoms. The second-order valence-electron chi connectivity index (χ2n) is 8.31. The SMILES string of the molecule is CCNC(=NCc1ccc(C(=O)N(C)C)cc1)NCc1ccc(C)cc1OCC1CC1. The van der Waals surface area contributed by atoms with Crippen molar-refractivity contribution in [2.45, 2.75) is 39.8 Å². The normalized spacial score (nSPS) is 13.6. The maximum atomic E-state index is 12.0. The summed E-state index contributed by atoms with van der Waals surface area (Å²) in [6, 6.07) is 13.9. The molecule has 1 fully saturated rings. The number of aliphatic imine (C=N–C) groups is 1. The fourth-order valence-corrected chi connectivity index (χ4v) is 3.14. The molecule has 1 aliphatic rings. The van der Waals surface area contributed by atoms with E-state index in [2.05, 4.69) is 42.7 Å². The number of nitrogens with one attached hydrogen (secondary N) is 2. The highest BCUT2D eigenvalue weighted by atomic mass is 16.5. The molecule has 3 rings (SSSR count). The lowest BCUT2D eigenvalue weighted by atomic mass is 10.1. The van der Waals surface area contributed by atoms with E-state index < -0.39 is 0 Å². The third kappa shape index (κ3) is 7.02. The molecule has 1 saturated carbocycles. The number of benzene rings is 2. The van der Waals surface area contributed by atoms with Gasteiger partial charge in [-0.15, -0.1) is 0 Å². The van der Waals surface area contributed by atoms with E-state index in [0.717, 1.165) is 41.9 Å². The maximum Gasteiger partial charge on any atom is 0.253 e. The molecule has 0 aliphatic heterocycles. The quantitative estimate of drug-likeness (QED) is 0.477. The van der Waals surface area contributed by atoms with Crippen molar-refractivity contribution < 1.29 is 9.53 Å². The molecule has 0 unspecified atom stereocenters. The molecule has 0 saturated heterocycles. The minimum Gasteiger partial charge on any atom is -0.493 e. The highest BCUT2D eigenvalue weighted by Crippen LogP contribution is 2.30. The van der Waals surface area contributed by atoms with Crippen molar-refractivity contribution in [3.05, 3.63) is 64.7 Å². The molecule has 0 atom stereocenters. The van der Waals surface area contributed by atoms with Crippen LogP contribution in [0.5, 0.6) is 5.75 Å². The highest BCUT2D eigenvalue weighted by Gasteiger charge is 2.22. The number of rotatable bonds is 9. The molecule has 31 heavy (non-hydrogen) atoms. The Kier molecular flexibility index (Phi) is 7.93. The third-order valence-electron chi connectivity index (χ3n) is 5.21. The van der Waals surface area contributed by atoms with E-state index in [9.17, 15) is 4.79 Å². The minimum atomic E-state index is 0.00265. The number of nitrogens with zero attached hydrogens (tertiary/aromatic N) is 2. The topological polar surface area (TPSA) is 66.0 Å². The standard InChI is InChI=1S/C25H34N4O2/c1-5-26-25(27-15-19-9-12-21(13-10-19)24(30)29(3)4)28-16-22-11-6-18(2)14-23(22)31-17-20-7-8-20/h6,9-14,20H,5,7-8,15-17H2,1-4H3,(H2,26,27,28). The van der Waals surface area contributed by atoms with Gasteiger partial charge in [-0.1, -0.05) is 24.3 Å². The number of carbonyl (C=O) groups excluding carboxylic acids is 1. The van der Waals surface area contributed by atoms with Gasteiger partial charge in [-0.3, -0.25) is 4.79 Å². The number of hydrogen-bond donors (Lipinski definition) is 2. The van der Waals surface area contributed by atoms with E-state index in [1.165, 1.54) is 18.4 Å². The summed E-state index contributed by atoms with van der Waals surface area (Å²) in [5.41, 5.74) is 4.06. The molecule has 6 heteroatoms. The molecule has 0 heterocycles. The predicted octanol–water partition coefficient (Wildman–Crippen LogP) is 3.74. The number of ether oxygens (including phenoxy) is 1. The smallest absolute Gasteiger partial charge is 0.253 e. The maximum absolute atomic E-state index is 12.0. The molecular weight excluding hydrogens is 388 g/mol. The van der Waals surface area contributed by atoms with Gasteiger partial charge in [0.05, 0.1) is 13.2 Å². The van der Waals surface area contributed by atoms with E-state index in [0.29, 0.717) is 18.7 Å². The van der Waals surface area contributed by atoms with Gasteiger partial charge >= 0.3 is 0 Å². The summed E-state index contributed by atoms with van der Waals surface area (Å²) in [4.78, 5) is 18.3. The summed E-state index contributed by atoms with van der Waals surface area (Å²) in [6.45, 7) is 6.89. The van der Waals surface area contributed by atoms with Gasteiger partial charge in [-0.2, -0.15) is 0 Å². The number of guanidine groups is 1. The fourth-order valence-electron chi connectivity index (χ4n) is 3.14. The van der Waals surface area contributed by atoms with Crippen LogP contribution in [0.25, 0.3) is 0 Å². The second-order valence-corrected chi connectivity index (χ2v) is 8.31. The lowest BCUT2D eigenvalue weighted by Crippen LogP contribution is -2.36. The van der Waals surface area contributed by atoms with Crippen LogP contribution in [0, 0.1) is 12.8 Å². The molecule has 2 aromatic rings. The van der Waals surface area contributed by atoms with Gasteiger partial charge in [0.15, 0.2) is 5.96 Å². The fraction of sp³-hybridized carbons (Fsp3) is 0.440. The predicted molar refractivity (Wildman–Crippen MR) is 126 cm³/mol. The largest absolute Gasteiger partial charge is 0.493 e. The van der Waals surface area contributed by atoms with Crippen LogP contribution in [-0.2, 0) is 13.1 Å². The Morgan fingerprint density at radius 3 is 2.52 bits per heavy atom. The lowest BCUT2D eigenvalue weighted by molar-refractivity contribution is 0.0827. The highest BCUT2D eigenvalue weighted by molar-refractivity contribution is 5.93. The molecule has 6 nitrogen and oxygen atoms in total. The molecule has 0 radical (unpaired) electrons. The number of aryl methyl sites for hydroxylation is 1. The second kappa shape index (κ2) is 10.8. The van der Waals surface area contributed by atoms with Crippen molar-refractivity contribution in [2.75, 3.05) is 27.2 Å². The Balaban J connectivity index is 1.61. The number of carbonyl (C=O) groups is 1. The van der Waals surface area contributed by atoms with Gasteiger partial charge in [0.1, 0.15) is 5.75 Å². The summed E-state index contributed by atoms with van der Waals surface area (Å²) in [5.74, 6) is 2.43. The van der Waals surface area contributed by atoms with Gasteiger partial charge in [0.25, 0.3) is 5.91 Å².